The van der Waals surface area contributed by atoms with Crippen molar-refractivity contribution in [3.63, 3.8) is 0 Å². The molecule has 0 saturated carbocycles. The molecule has 1 atom stereocenters. The third-order valence-corrected chi connectivity index (χ3v) is 5.72. The molecule has 0 unspecified atom stereocenters. The van der Waals surface area contributed by atoms with Gasteiger partial charge in [-0.05, 0) is 36.2 Å². The van der Waals surface area contributed by atoms with Gasteiger partial charge in [-0.2, -0.15) is 5.10 Å². The average molecular weight is 417 g/mol. The standard InChI is InChI=1S/C29H24N2O/c1-21-12-8-9-17-24(21)28-25-18-10-11-19-27(25)32-29(22-13-4-2-5-14-22)26(28)20-30-31-23-15-6-3-7-16-23/h2-20,28,31H,1H3/b30-20-/t28-/m0/s1. The quantitative estimate of drug-likeness (QED) is 0.280. The molecule has 32 heavy (non-hydrogen) atoms. The van der Waals surface area contributed by atoms with E-state index >= 15 is 0 Å². The first-order chi connectivity index (χ1) is 15.8. The monoisotopic (exact) mass is 416 g/mol. The molecule has 5 rings (SSSR count). The highest BCUT2D eigenvalue weighted by Gasteiger charge is 2.31. The van der Waals surface area contributed by atoms with Crippen molar-refractivity contribution in [2.45, 2.75) is 12.8 Å². The average Bonchev–Trinajstić information content (AvgIpc) is 2.85. The molecule has 0 saturated heterocycles. The van der Waals surface area contributed by atoms with E-state index in [1.54, 1.807) is 0 Å². The third-order valence-electron chi connectivity index (χ3n) is 5.72. The minimum atomic E-state index is 0.0117. The number of hydrogen-bond acceptors (Lipinski definition) is 3. The van der Waals surface area contributed by atoms with Crippen LogP contribution in [0.1, 0.15) is 28.2 Å². The Kier molecular flexibility index (Phi) is 5.54. The lowest BCUT2D eigenvalue weighted by atomic mass is 9.80. The summed E-state index contributed by atoms with van der Waals surface area (Å²) in [7, 11) is 0. The van der Waals surface area contributed by atoms with Crippen molar-refractivity contribution in [3.8, 4) is 5.75 Å². The zero-order valence-electron chi connectivity index (χ0n) is 17.9. The number of nitrogens with one attached hydrogen (secondary N) is 1. The maximum Gasteiger partial charge on any atom is 0.140 e. The van der Waals surface area contributed by atoms with E-state index < -0.39 is 0 Å². The smallest absolute Gasteiger partial charge is 0.140 e. The van der Waals surface area contributed by atoms with Crippen LogP contribution in [0.3, 0.4) is 0 Å². The second-order valence-corrected chi connectivity index (χ2v) is 7.82. The lowest BCUT2D eigenvalue weighted by molar-refractivity contribution is 0.489. The van der Waals surface area contributed by atoms with Gasteiger partial charge in [-0.25, -0.2) is 0 Å². The minimum absolute atomic E-state index is 0.0117. The Balaban J connectivity index is 1.68. The topological polar surface area (TPSA) is 33.6 Å². The number of fused-ring (bicyclic) bond motifs is 1. The van der Waals surface area contributed by atoms with Gasteiger partial charge in [0.2, 0.25) is 0 Å². The second-order valence-electron chi connectivity index (χ2n) is 7.82. The van der Waals surface area contributed by atoms with Crippen LogP contribution in [-0.4, -0.2) is 6.21 Å². The second kappa shape index (κ2) is 8.94. The van der Waals surface area contributed by atoms with Crippen LogP contribution in [0.15, 0.2) is 120 Å². The highest BCUT2D eigenvalue weighted by atomic mass is 16.5. The molecule has 1 heterocycles. The first-order valence-corrected chi connectivity index (χ1v) is 10.8. The van der Waals surface area contributed by atoms with Crippen LogP contribution in [0.2, 0.25) is 0 Å². The molecule has 0 amide bonds. The highest BCUT2D eigenvalue weighted by molar-refractivity contribution is 5.94. The Bertz CT molecular complexity index is 1280. The van der Waals surface area contributed by atoms with E-state index in [2.05, 4.69) is 66.0 Å². The summed E-state index contributed by atoms with van der Waals surface area (Å²) in [6.45, 7) is 2.16. The van der Waals surface area contributed by atoms with Gasteiger partial charge >= 0.3 is 0 Å². The van der Waals surface area contributed by atoms with Gasteiger partial charge in [0.05, 0.1) is 11.9 Å². The van der Waals surface area contributed by atoms with E-state index in [0.717, 1.165) is 33.9 Å². The van der Waals surface area contributed by atoms with Crippen molar-refractivity contribution in [1.82, 2.24) is 0 Å². The van der Waals surface area contributed by atoms with Crippen molar-refractivity contribution < 1.29 is 4.74 Å². The van der Waals surface area contributed by atoms with Crippen molar-refractivity contribution >= 4 is 17.7 Å². The summed E-state index contributed by atoms with van der Waals surface area (Å²) >= 11 is 0. The number of anilines is 1. The third kappa shape index (κ3) is 3.93. The Morgan fingerprint density at radius 2 is 1.34 bits per heavy atom. The maximum absolute atomic E-state index is 6.49. The van der Waals surface area contributed by atoms with Gasteiger partial charge in [-0.3, -0.25) is 5.43 Å². The lowest BCUT2D eigenvalue weighted by Crippen LogP contribution is -2.18. The van der Waals surface area contributed by atoms with Crippen LogP contribution < -0.4 is 10.2 Å². The van der Waals surface area contributed by atoms with Gasteiger partial charge in [0.1, 0.15) is 11.5 Å². The number of aryl methyl sites for hydroxylation is 1. The SMILES string of the molecule is Cc1ccccc1[C@@H]1C(/C=N\Nc2ccccc2)=C(c2ccccc2)Oc2ccccc21. The number of allylic oxidation sites excluding steroid dienone is 1. The molecular formula is C29H24N2O. The molecule has 3 nitrogen and oxygen atoms in total. The molecule has 1 aliphatic rings. The predicted octanol–water partition coefficient (Wildman–Crippen LogP) is 7.03. The number of para-hydroxylation sites is 2. The maximum atomic E-state index is 6.49. The largest absolute Gasteiger partial charge is 0.456 e. The zero-order chi connectivity index (χ0) is 21.8. The van der Waals surface area contributed by atoms with Gasteiger partial charge < -0.3 is 4.74 Å². The van der Waals surface area contributed by atoms with Crippen LogP contribution in [0.25, 0.3) is 5.76 Å². The fourth-order valence-electron chi connectivity index (χ4n) is 4.16. The summed E-state index contributed by atoms with van der Waals surface area (Å²) in [5, 5.41) is 4.61. The van der Waals surface area contributed by atoms with E-state index in [0.29, 0.717) is 0 Å². The Morgan fingerprint density at radius 1 is 0.719 bits per heavy atom. The van der Waals surface area contributed by atoms with E-state index in [1.807, 2.05) is 66.9 Å². The highest BCUT2D eigenvalue weighted by Crippen LogP contribution is 2.45. The molecule has 0 aliphatic carbocycles. The van der Waals surface area contributed by atoms with E-state index in [1.165, 1.54) is 11.1 Å². The zero-order valence-corrected chi connectivity index (χ0v) is 17.9. The Labute approximate surface area is 188 Å². The van der Waals surface area contributed by atoms with Crippen LogP contribution in [0, 0.1) is 6.92 Å². The van der Waals surface area contributed by atoms with E-state index in [9.17, 15) is 0 Å². The number of hydrazone groups is 1. The van der Waals surface area contributed by atoms with Crippen molar-refractivity contribution in [2.24, 2.45) is 5.10 Å². The minimum Gasteiger partial charge on any atom is -0.456 e. The van der Waals surface area contributed by atoms with Gasteiger partial charge in [0.25, 0.3) is 0 Å². The molecule has 4 aromatic rings. The van der Waals surface area contributed by atoms with Crippen LogP contribution in [0.4, 0.5) is 5.69 Å². The molecular weight excluding hydrogens is 392 g/mol. The van der Waals surface area contributed by atoms with Crippen LogP contribution in [-0.2, 0) is 0 Å². The molecule has 4 aromatic carbocycles. The molecule has 0 spiro atoms. The van der Waals surface area contributed by atoms with Crippen molar-refractivity contribution in [3.05, 3.63) is 137 Å². The van der Waals surface area contributed by atoms with Crippen LogP contribution >= 0.6 is 0 Å². The summed E-state index contributed by atoms with van der Waals surface area (Å²) in [6, 6.07) is 37.0. The fourth-order valence-corrected chi connectivity index (χ4v) is 4.16. The van der Waals surface area contributed by atoms with Crippen LogP contribution in [0.5, 0.6) is 5.75 Å². The first kappa shape index (κ1) is 19.8. The molecule has 156 valence electrons. The Hall–Kier alpha value is -4.11. The number of ether oxygens (including phenoxy) is 1. The molecule has 0 fully saturated rings. The molecule has 3 heteroatoms. The number of benzene rings is 4. The lowest BCUT2D eigenvalue weighted by Gasteiger charge is -2.30. The summed E-state index contributed by atoms with van der Waals surface area (Å²) in [5.74, 6) is 1.72. The molecule has 0 bridgehead atoms. The number of hydrogen-bond donors (Lipinski definition) is 1. The fraction of sp³-hybridized carbons (Fsp3) is 0.0690. The van der Waals surface area contributed by atoms with Gasteiger partial charge in [-0.1, -0.05) is 91.0 Å². The van der Waals surface area contributed by atoms with Gasteiger partial charge in [-0.15, -0.1) is 0 Å². The summed E-state index contributed by atoms with van der Waals surface area (Å²) < 4.78 is 6.49. The Morgan fingerprint density at radius 3 is 2.09 bits per heavy atom. The van der Waals surface area contributed by atoms with Gasteiger partial charge in [0, 0.05) is 22.6 Å². The summed E-state index contributed by atoms with van der Waals surface area (Å²) in [5.41, 5.74) is 9.77. The normalized spacial score (nSPS) is 15.3. The predicted molar refractivity (Wildman–Crippen MR) is 132 cm³/mol. The van der Waals surface area contributed by atoms with E-state index in [-0.39, 0.29) is 5.92 Å². The van der Waals surface area contributed by atoms with Gasteiger partial charge in [0.15, 0.2) is 0 Å². The molecule has 1 N–H and O–H groups in total. The van der Waals surface area contributed by atoms with Crippen molar-refractivity contribution in [2.75, 3.05) is 5.43 Å². The van der Waals surface area contributed by atoms with E-state index in [4.69, 9.17) is 4.74 Å². The summed E-state index contributed by atoms with van der Waals surface area (Å²) in [4.78, 5) is 0. The number of nitrogens with zero attached hydrogens (tertiary/aromatic N) is 1. The number of rotatable bonds is 5. The first-order valence-electron chi connectivity index (χ1n) is 10.8. The molecule has 0 radical (unpaired) electrons. The molecule has 1 aliphatic heterocycles. The van der Waals surface area contributed by atoms with Crippen molar-refractivity contribution in [1.29, 1.82) is 0 Å². The summed E-state index contributed by atoms with van der Waals surface area (Å²) in [6.07, 6.45) is 1.91. The molecule has 0 aromatic heterocycles.